The van der Waals surface area contributed by atoms with Crippen molar-refractivity contribution in [1.29, 1.82) is 0 Å². The van der Waals surface area contributed by atoms with Gasteiger partial charge in [-0.05, 0) is 54.7 Å². The Bertz CT molecular complexity index is 1230. The van der Waals surface area contributed by atoms with Crippen LogP contribution in [-0.2, 0) is 20.9 Å². The standard InChI is InChI=1S/C32H38N4O4/c1-40-27-20-18-25(19-21-27)31(32(39)34-26-13-6-3-7-14-26)36(23-24-11-4-2-5-12-24)30(38)17-10-16-29(37)35-28-15-8-9-22-33-28/h2,4-5,8-9,11-12,15,18-22,26,31H,3,6-7,10,13-14,16-17,23H2,1H3,(H,34,39)(H,33,35,37). The third kappa shape index (κ3) is 8.40. The first-order valence-corrected chi connectivity index (χ1v) is 14.0. The third-order valence-electron chi connectivity index (χ3n) is 7.19. The number of nitrogens with zero attached hydrogens (tertiary/aromatic N) is 2. The van der Waals surface area contributed by atoms with Gasteiger partial charge in [0.1, 0.15) is 17.6 Å². The number of anilines is 1. The van der Waals surface area contributed by atoms with Gasteiger partial charge in [0.05, 0.1) is 7.11 Å². The van der Waals surface area contributed by atoms with E-state index in [0.29, 0.717) is 23.6 Å². The monoisotopic (exact) mass is 542 g/mol. The number of hydrogen-bond acceptors (Lipinski definition) is 5. The van der Waals surface area contributed by atoms with E-state index in [4.69, 9.17) is 4.74 Å². The van der Waals surface area contributed by atoms with E-state index in [1.807, 2.05) is 54.6 Å². The fourth-order valence-corrected chi connectivity index (χ4v) is 5.08. The molecule has 1 atom stereocenters. The van der Waals surface area contributed by atoms with Gasteiger partial charge in [0.25, 0.3) is 0 Å². The normalized spacial score (nSPS) is 14.1. The number of benzene rings is 2. The van der Waals surface area contributed by atoms with Gasteiger partial charge >= 0.3 is 0 Å². The minimum absolute atomic E-state index is 0.103. The van der Waals surface area contributed by atoms with Gasteiger partial charge in [0.2, 0.25) is 17.7 Å². The highest BCUT2D eigenvalue weighted by Gasteiger charge is 2.33. The van der Waals surface area contributed by atoms with E-state index >= 15 is 0 Å². The van der Waals surface area contributed by atoms with Crippen LogP contribution in [0, 0.1) is 0 Å². The lowest BCUT2D eigenvalue weighted by Gasteiger charge is -2.33. The minimum Gasteiger partial charge on any atom is -0.497 e. The van der Waals surface area contributed by atoms with Crippen molar-refractivity contribution in [3.8, 4) is 5.75 Å². The molecule has 2 N–H and O–H groups in total. The molecule has 40 heavy (non-hydrogen) atoms. The van der Waals surface area contributed by atoms with Gasteiger partial charge in [0, 0.05) is 31.6 Å². The van der Waals surface area contributed by atoms with Crippen molar-refractivity contribution >= 4 is 23.5 Å². The van der Waals surface area contributed by atoms with Crippen LogP contribution in [-0.4, -0.2) is 40.8 Å². The molecule has 1 fully saturated rings. The Kier molecular flexibility index (Phi) is 10.7. The molecule has 3 amide bonds. The Morgan fingerprint density at radius 3 is 2.33 bits per heavy atom. The molecule has 8 nitrogen and oxygen atoms in total. The van der Waals surface area contributed by atoms with E-state index in [9.17, 15) is 14.4 Å². The molecule has 0 radical (unpaired) electrons. The molecule has 1 aliphatic rings. The minimum atomic E-state index is -0.817. The van der Waals surface area contributed by atoms with E-state index in [2.05, 4.69) is 15.6 Å². The van der Waals surface area contributed by atoms with Crippen LogP contribution in [0.3, 0.4) is 0 Å². The summed E-state index contributed by atoms with van der Waals surface area (Å²) >= 11 is 0. The summed E-state index contributed by atoms with van der Waals surface area (Å²) < 4.78 is 5.33. The van der Waals surface area contributed by atoms with E-state index < -0.39 is 6.04 Å². The van der Waals surface area contributed by atoms with Crippen molar-refractivity contribution in [1.82, 2.24) is 15.2 Å². The zero-order valence-electron chi connectivity index (χ0n) is 23.1. The number of amides is 3. The molecular weight excluding hydrogens is 504 g/mol. The quantitative estimate of drug-likeness (QED) is 0.318. The number of hydrogen-bond donors (Lipinski definition) is 2. The number of rotatable bonds is 12. The van der Waals surface area contributed by atoms with Crippen LogP contribution in [0.4, 0.5) is 5.82 Å². The van der Waals surface area contributed by atoms with Crippen LogP contribution in [0.15, 0.2) is 79.0 Å². The van der Waals surface area contributed by atoms with E-state index in [-0.39, 0.29) is 43.1 Å². The summed E-state index contributed by atoms with van der Waals surface area (Å²) in [5.74, 6) is 0.574. The van der Waals surface area contributed by atoms with Gasteiger partial charge in [-0.25, -0.2) is 4.98 Å². The summed E-state index contributed by atoms with van der Waals surface area (Å²) in [5, 5.41) is 5.99. The zero-order chi connectivity index (χ0) is 28.2. The lowest BCUT2D eigenvalue weighted by atomic mass is 9.94. The first kappa shape index (κ1) is 28.8. The molecular formula is C32H38N4O4. The van der Waals surface area contributed by atoms with Crippen LogP contribution in [0.5, 0.6) is 5.75 Å². The molecule has 8 heteroatoms. The largest absolute Gasteiger partial charge is 0.497 e. The van der Waals surface area contributed by atoms with Crippen molar-refractivity contribution in [2.75, 3.05) is 12.4 Å². The molecule has 210 valence electrons. The second kappa shape index (κ2) is 14.8. The second-order valence-electron chi connectivity index (χ2n) is 10.1. The van der Waals surface area contributed by atoms with Crippen molar-refractivity contribution in [3.63, 3.8) is 0 Å². The number of pyridine rings is 1. The van der Waals surface area contributed by atoms with Gasteiger partial charge < -0.3 is 20.3 Å². The number of aromatic nitrogens is 1. The van der Waals surface area contributed by atoms with Gasteiger partial charge in [-0.1, -0.05) is 67.8 Å². The lowest BCUT2D eigenvalue weighted by molar-refractivity contribution is -0.142. The first-order chi connectivity index (χ1) is 19.5. The average Bonchev–Trinajstić information content (AvgIpc) is 2.98. The van der Waals surface area contributed by atoms with Crippen molar-refractivity contribution in [2.24, 2.45) is 0 Å². The topological polar surface area (TPSA) is 101 Å². The van der Waals surface area contributed by atoms with E-state index in [1.165, 1.54) is 6.42 Å². The number of nitrogens with one attached hydrogen (secondary N) is 2. The Hall–Kier alpha value is -4.20. The predicted molar refractivity (Wildman–Crippen MR) is 154 cm³/mol. The highest BCUT2D eigenvalue weighted by Crippen LogP contribution is 2.28. The second-order valence-corrected chi connectivity index (χ2v) is 10.1. The molecule has 1 unspecified atom stereocenters. The maximum Gasteiger partial charge on any atom is 0.247 e. The Labute approximate surface area is 236 Å². The van der Waals surface area contributed by atoms with Crippen LogP contribution >= 0.6 is 0 Å². The summed E-state index contributed by atoms with van der Waals surface area (Å²) in [4.78, 5) is 45.9. The van der Waals surface area contributed by atoms with Crippen LogP contribution in [0.1, 0.15) is 68.5 Å². The van der Waals surface area contributed by atoms with Crippen LogP contribution in [0.2, 0.25) is 0 Å². The van der Waals surface area contributed by atoms with Gasteiger partial charge in [-0.3, -0.25) is 14.4 Å². The molecule has 1 saturated carbocycles. The maximum atomic E-state index is 13.9. The summed E-state index contributed by atoms with van der Waals surface area (Å²) in [6.07, 6.45) is 7.51. The smallest absolute Gasteiger partial charge is 0.247 e. The molecule has 2 aromatic carbocycles. The highest BCUT2D eigenvalue weighted by atomic mass is 16.5. The predicted octanol–water partition coefficient (Wildman–Crippen LogP) is 5.42. The fourth-order valence-electron chi connectivity index (χ4n) is 5.08. The summed E-state index contributed by atoms with van der Waals surface area (Å²) in [5.41, 5.74) is 1.64. The average molecular weight is 543 g/mol. The summed E-state index contributed by atoms with van der Waals surface area (Å²) in [6.45, 7) is 0.272. The van der Waals surface area contributed by atoms with Crippen molar-refractivity contribution in [2.45, 2.75) is 70.0 Å². The summed E-state index contributed by atoms with van der Waals surface area (Å²) in [7, 11) is 1.59. The maximum absolute atomic E-state index is 13.9. The van der Waals surface area contributed by atoms with E-state index in [1.54, 1.807) is 36.4 Å². The molecule has 0 aliphatic heterocycles. The van der Waals surface area contributed by atoms with Gasteiger partial charge in [0.15, 0.2) is 0 Å². The fraction of sp³-hybridized carbons (Fsp3) is 0.375. The molecule has 0 spiro atoms. The molecule has 3 aromatic rings. The number of ether oxygens (including phenoxy) is 1. The van der Waals surface area contributed by atoms with Gasteiger partial charge in [-0.15, -0.1) is 0 Å². The van der Waals surface area contributed by atoms with Crippen molar-refractivity contribution in [3.05, 3.63) is 90.1 Å². The molecule has 1 aliphatic carbocycles. The lowest BCUT2D eigenvalue weighted by Crippen LogP contribution is -2.46. The van der Waals surface area contributed by atoms with E-state index in [0.717, 1.165) is 31.2 Å². The molecule has 0 saturated heterocycles. The number of carbonyl (C=O) groups excluding carboxylic acids is 3. The Morgan fingerprint density at radius 2 is 1.65 bits per heavy atom. The van der Waals surface area contributed by atoms with Gasteiger partial charge in [-0.2, -0.15) is 0 Å². The van der Waals surface area contributed by atoms with Crippen molar-refractivity contribution < 1.29 is 19.1 Å². The molecule has 4 rings (SSSR count). The van der Waals surface area contributed by atoms with Crippen LogP contribution in [0.25, 0.3) is 0 Å². The number of carbonyl (C=O) groups is 3. The van der Waals surface area contributed by atoms with Crippen LogP contribution < -0.4 is 15.4 Å². The zero-order valence-corrected chi connectivity index (χ0v) is 23.1. The molecule has 1 heterocycles. The summed E-state index contributed by atoms with van der Waals surface area (Å²) in [6, 6.07) is 21.5. The Morgan fingerprint density at radius 1 is 0.925 bits per heavy atom. The molecule has 0 bridgehead atoms. The molecule has 1 aromatic heterocycles. The first-order valence-electron chi connectivity index (χ1n) is 14.0. The highest BCUT2D eigenvalue weighted by molar-refractivity contribution is 5.91. The third-order valence-corrected chi connectivity index (χ3v) is 7.19. The Balaban J connectivity index is 1.54. The SMILES string of the molecule is COc1ccc(C(C(=O)NC2CCCCC2)N(Cc2ccccc2)C(=O)CCCC(=O)Nc2ccccn2)cc1. The number of methoxy groups -OCH3 is 1.